The summed E-state index contributed by atoms with van der Waals surface area (Å²) in [5, 5.41) is 4.54. The molecule has 0 aliphatic heterocycles. The zero-order chi connectivity index (χ0) is 23.5. The Morgan fingerprint density at radius 1 is 1.12 bits per heavy atom. The van der Waals surface area contributed by atoms with Gasteiger partial charge in [-0.3, -0.25) is 9.10 Å². The van der Waals surface area contributed by atoms with Crippen molar-refractivity contribution < 1.29 is 22.5 Å². The summed E-state index contributed by atoms with van der Waals surface area (Å²) >= 11 is 5.89. The smallest absolute Gasteiger partial charge is 0.263 e. The summed E-state index contributed by atoms with van der Waals surface area (Å²) in [4.78, 5) is 18.4. The van der Waals surface area contributed by atoms with E-state index in [0.717, 1.165) is 16.1 Å². The Kier molecular flexibility index (Phi) is 7.05. The monoisotopic (exact) mass is 478 g/mol. The van der Waals surface area contributed by atoms with Gasteiger partial charge < -0.3 is 14.2 Å². The number of amides is 1. The number of hydrogen-bond acceptors (Lipinski definition) is 7. The van der Waals surface area contributed by atoms with E-state index in [4.69, 9.17) is 20.9 Å². The van der Waals surface area contributed by atoms with Crippen LogP contribution in [0.4, 0.5) is 5.69 Å². The predicted molar refractivity (Wildman–Crippen MR) is 121 cm³/mol. The Morgan fingerprint density at radius 3 is 2.34 bits per heavy atom. The first-order valence-corrected chi connectivity index (χ1v) is 11.8. The van der Waals surface area contributed by atoms with Crippen LogP contribution in [0.15, 0.2) is 53.1 Å². The van der Waals surface area contributed by atoms with Gasteiger partial charge in [-0.2, -0.15) is 4.98 Å². The highest BCUT2D eigenvalue weighted by Crippen LogP contribution is 2.22. The zero-order valence-corrected chi connectivity index (χ0v) is 19.6. The highest BCUT2D eigenvalue weighted by atomic mass is 35.5. The number of nitrogens with zero attached hydrogens (tertiary/aromatic N) is 4. The molecule has 170 valence electrons. The highest BCUT2D eigenvalue weighted by molar-refractivity contribution is 7.92. The van der Waals surface area contributed by atoms with Gasteiger partial charge in [0.25, 0.3) is 5.91 Å². The fourth-order valence-electron chi connectivity index (χ4n) is 2.81. The largest absolute Gasteiger partial charge is 0.481 e. The number of hydrogen-bond donors (Lipinski definition) is 0. The SMILES string of the molecule is CC(Oc1ccc(N(C)S(C)(=O)=O)cc1)C(=O)N(C)Cc1nc(-c2ccc(Cl)cc2)no1. The molecule has 0 radical (unpaired) electrons. The number of carbonyl (C=O) groups is 1. The molecule has 1 heterocycles. The molecule has 1 aromatic heterocycles. The molecule has 1 atom stereocenters. The average molecular weight is 479 g/mol. The van der Waals surface area contributed by atoms with Gasteiger partial charge in [-0.1, -0.05) is 16.8 Å². The van der Waals surface area contributed by atoms with Gasteiger partial charge in [0.2, 0.25) is 21.7 Å². The number of aromatic nitrogens is 2. The molecule has 2 aromatic carbocycles. The van der Waals surface area contributed by atoms with E-state index in [1.165, 1.54) is 11.9 Å². The number of anilines is 1. The molecule has 0 spiro atoms. The van der Waals surface area contributed by atoms with Crippen LogP contribution >= 0.6 is 11.6 Å². The van der Waals surface area contributed by atoms with E-state index in [1.54, 1.807) is 62.5 Å². The van der Waals surface area contributed by atoms with E-state index >= 15 is 0 Å². The lowest BCUT2D eigenvalue weighted by Crippen LogP contribution is -2.37. The van der Waals surface area contributed by atoms with Crippen molar-refractivity contribution in [2.75, 3.05) is 24.7 Å². The predicted octanol–water partition coefficient (Wildman–Crippen LogP) is 3.21. The third-order valence-electron chi connectivity index (χ3n) is 4.68. The van der Waals surface area contributed by atoms with Crippen molar-refractivity contribution in [3.63, 3.8) is 0 Å². The zero-order valence-electron chi connectivity index (χ0n) is 18.0. The second kappa shape index (κ2) is 9.58. The first-order chi connectivity index (χ1) is 15.0. The first-order valence-electron chi connectivity index (χ1n) is 9.58. The summed E-state index contributed by atoms with van der Waals surface area (Å²) < 4.78 is 35.4. The van der Waals surface area contributed by atoms with Gasteiger partial charge in [-0.15, -0.1) is 0 Å². The number of benzene rings is 2. The van der Waals surface area contributed by atoms with Crippen LogP contribution in [0.3, 0.4) is 0 Å². The summed E-state index contributed by atoms with van der Waals surface area (Å²) in [5.74, 6) is 0.841. The lowest BCUT2D eigenvalue weighted by molar-refractivity contribution is -0.137. The van der Waals surface area contributed by atoms with E-state index in [9.17, 15) is 13.2 Å². The molecule has 32 heavy (non-hydrogen) atoms. The molecule has 0 N–H and O–H groups in total. The Hall–Kier alpha value is -3.11. The van der Waals surface area contributed by atoms with Crippen molar-refractivity contribution in [2.45, 2.75) is 19.6 Å². The van der Waals surface area contributed by atoms with Gasteiger partial charge in [-0.25, -0.2) is 8.42 Å². The molecule has 1 amide bonds. The third-order valence-corrected chi connectivity index (χ3v) is 6.14. The lowest BCUT2D eigenvalue weighted by Gasteiger charge is -2.21. The number of rotatable bonds is 8. The van der Waals surface area contributed by atoms with Gasteiger partial charge in [0, 0.05) is 24.7 Å². The van der Waals surface area contributed by atoms with Gasteiger partial charge in [0.05, 0.1) is 18.5 Å². The van der Waals surface area contributed by atoms with Crippen LogP contribution in [-0.2, 0) is 21.4 Å². The maximum Gasteiger partial charge on any atom is 0.263 e. The molecule has 3 aromatic rings. The summed E-state index contributed by atoms with van der Waals surface area (Å²) in [5.41, 5.74) is 1.24. The fraction of sp³-hybridized carbons (Fsp3) is 0.286. The second-order valence-corrected chi connectivity index (χ2v) is 9.65. The molecule has 3 rings (SSSR count). The summed E-state index contributed by atoms with van der Waals surface area (Å²) in [7, 11) is -0.288. The number of sulfonamides is 1. The molecule has 9 nitrogen and oxygen atoms in total. The first kappa shape index (κ1) is 23.6. The van der Waals surface area contributed by atoms with Gasteiger partial charge in [0.15, 0.2) is 6.10 Å². The third kappa shape index (κ3) is 5.77. The molecular formula is C21H23ClN4O5S. The van der Waals surface area contributed by atoms with Crippen molar-refractivity contribution in [1.82, 2.24) is 15.0 Å². The molecule has 1 unspecified atom stereocenters. The Bertz CT molecular complexity index is 1180. The van der Waals surface area contributed by atoms with Crippen LogP contribution in [0.2, 0.25) is 5.02 Å². The van der Waals surface area contributed by atoms with E-state index < -0.39 is 16.1 Å². The summed E-state index contributed by atoms with van der Waals surface area (Å²) in [6.45, 7) is 1.74. The topological polar surface area (TPSA) is 106 Å². The highest BCUT2D eigenvalue weighted by Gasteiger charge is 2.22. The Labute approximate surface area is 191 Å². The minimum absolute atomic E-state index is 0.116. The summed E-state index contributed by atoms with van der Waals surface area (Å²) in [6.07, 6.45) is 0.340. The normalized spacial score (nSPS) is 12.3. The fourth-order valence-corrected chi connectivity index (χ4v) is 3.44. The minimum Gasteiger partial charge on any atom is -0.481 e. The Morgan fingerprint density at radius 2 is 1.75 bits per heavy atom. The van der Waals surface area contributed by atoms with Crippen LogP contribution in [-0.4, -0.2) is 55.8 Å². The molecule has 0 fully saturated rings. The molecule has 0 aliphatic rings. The van der Waals surface area contributed by atoms with Gasteiger partial charge in [0.1, 0.15) is 5.75 Å². The molecule has 11 heteroatoms. The van der Waals surface area contributed by atoms with Crippen LogP contribution in [0.25, 0.3) is 11.4 Å². The standard InChI is InChI=1S/C21H23ClN4O5S/c1-14(30-18-11-9-17(10-12-18)26(3)32(4,28)29)21(27)25(2)13-19-23-20(24-31-19)15-5-7-16(22)8-6-15/h5-12,14H,13H2,1-4H3. The van der Waals surface area contributed by atoms with Crippen LogP contribution in [0, 0.1) is 0 Å². The summed E-state index contributed by atoms with van der Waals surface area (Å²) in [6, 6.07) is 13.4. The molecule has 0 bridgehead atoms. The van der Waals surface area contributed by atoms with Gasteiger partial charge in [-0.05, 0) is 55.5 Å². The second-order valence-electron chi connectivity index (χ2n) is 7.20. The average Bonchev–Trinajstić information content (AvgIpc) is 3.21. The molecule has 0 saturated heterocycles. The van der Waals surface area contributed by atoms with Crippen molar-refractivity contribution in [2.24, 2.45) is 0 Å². The minimum atomic E-state index is -3.36. The maximum atomic E-state index is 12.7. The van der Waals surface area contributed by atoms with E-state index in [1.807, 2.05) is 0 Å². The van der Waals surface area contributed by atoms with Crippen molar-refractivity contribution >= 4 is 33.2 Å². The molecule has 0 saturated carbocycles. The number of ether oxygens (including phenoxy) is 1. The van der Waals surface area contributed by atoms with Crippen molar-refractivity contribution in [3.8, 4) is 17.1 Å². The number of carbonyl (C=O) groups excluding carboxylic acids is 1. The van der Waals surface area contributed by atoms with Crippen molar-refractivity contribution in [1.29, 1.82) is 0 Å². The molecular weight excluding hydrogens is 456 g/mol. The van der Waals surface area contributed by atoms with Crippen LogP contribution in [0.5, 0.6) is 5.75 Å². The van der Waals surface area contributed by atoms with Crippen LogP contribution in [0.1, 0.15) is 12.8 Å². The van der Waals surface area contributed by atoms with E-state index in [0.29, 0.717) is 22.3 Å². The Balaban J connectivity index is 1.59. The van der Waals surface area contributed by atoms with Crippen molar-refractivity contribution in [3.05, 3.63) is 59.4 Å². The quantitative estimate of drug-likeness (QED) is 0.489. The van der Waals surface area contributed by atoms with Crippen LogP contribution < -0.4 is 9.04 Å². The number of likely N-dealkylation sites (N-methyl/N-ethyl adjacent to an activating group) is 1. The van der Waals surface area contributed by atoms with Gasteiger partial charge >= 0.3 is 0 Å². The maximum absolute atomic E-state index is 12.7. The number of halogens is 1. The van der Waals surface area contributed by atoms with E-state index in [2.05, 4.69) is 10.1 Å². The van der Waals surface area contributed by atoms with E-state index in [-0.39, 0.29) is 18.3 Å². The molecule has 0 aliphatic carbocycles. The lowest BCUT2D eigenvalue weighted by atomic mass is 10.2.